The fraction of sp³-hybridized carbons (Fsp3) is 0.333. The highest BCUT2D eigenvalue weighted by Gasteiger charge is 2.20. The largest absolute Gasteiger partial charge is 0.493 e. The van der Waals surface area contributed by atoms with Crippen LogP contribution in [0.15, 0.2) is 33.6 Å². The summed E-state index contributed by atoms with van der Waals surface area (Å²) in [4.78, 5) is 8.31. The lowest BCUT2D eigenvalue weighted by Gasteiger charge is -2.22. The number of ether oxygens (including phenoxy) is 1. The molecule has 0 aliphatic rings. The standard InChI is InChI=1S/C15H16Br2N2O/c1-15(2,3)10-6-11(16)9(5-12(10)17)14-13(20-4)7-18-8-19-14/h5-8H,1-4H3. The molecule has 3 nitrogen and oxygen atoms in total. The lowest BCUT2D eigenvalue weighted by atomic mass is 9.86. The Bertz CT molecular complexity index is 636. The number of benzene rings is 1. The highest BCUT2D eigenvalue weighted by molar-refractivity contribution is 9.11. The SMILES string of the molecule is COc1cncnc1-c1cc(Br)c(C(C)(C)C)cc1Br. The van der Waals surface area contributed by atoms with E-state index < -0.39 is 0 Å². The molecule has 0 amide bonds. The van der Waals surface area contributed by atoms with Crippen LogP contribution in [0.3, 0.4) is 0 Å². The minimum absolute atomic E-state index is 0.0651. The zero-order valence-corrected chi connectivity index (χ0v) is 15.0. The minimum atomic E-state index is 0.0651. The molecule has 1 aromatic carbocycles. The van der Waals surface area contributed by atoms with Gasteiger partial charge in [-0.25, -0.2) is 9.97 Å². The Morgan fingerprint density at radius 2 is 1.80 bits per heavy atom. The van der Waals surface area contributed by atoms with Crippen molar-refractivity contribution in [2.75, 3.05) is 7.11 Å². The van der Waals surface area contributed by atoms with Crippen LogP contribution in [-0.2, 0) is 5.41 Å². The minimum Gasteiger partial charge on any atom is -0.493 e. The number of methoxy groups -OCH3 is 1. The van der Waals surface area contributed by atoms with Gasteiger partial charge >= 0.3 is 0 Å². The number of halogens is 2. The number of aromatic nitrogens is 2. The van der Waals surface area contributed by atoms with Crippen molar-refractivity contribution >= 4 is 31.9 Å². The van der Waals surface area contributed by atoms with Crippen LogP contribution in [-0.4, -0.2) is 17.1 Å². The molecule has 0 atom stereocenters. The van der Waals surface area contributed by atoms with Crippen LogP contribution in [0.2, 0.25) is 0 Å². The molecular weight excluding hydrogens is 384 g/mol. The summed E-state index contributed by atoms with van der Waals surface area (Å²) in [5, 5.41) is 0. The van der Waals surface area contributed by atoms with Crippen molar-refractivity contribution in [3.05, 3.63) is 39.2 Å². The Labute approximate surface area is 136 Å². The molecule has 0 aliphatic carbocycles. The fourth-order valence-corrected chi connectivity index (χ4v) is 3.44. The zero-order valence-electron chi connectivity index (χ0n) is 11.9. The Hall–Kier alpha value is -0.940. The molecule has 0 fully saturated rings. The highest BCUT2D eigenvalue weighted by Crippen LogP contribution is 2.39. The summed E-state index contributed by atoms with van der Waals surface area (Å²) in [5.74, 6) is 0.656. The van der Waals surface area contributed by atoms with Gasteiger partial charge in [0.1, 0.15) is 12.0 Å². The van der Waals surface area contributed by atoms with Crippen LogP contribution in [0.25, 0.3) is 11.3 Å². The molecule has 2 rings (SSSR count). The van der Waals surface area contributed by atoms with E-state index in [9.17, 15) is 0 Å². The van der Waals surface area contributed by atoms with Gasteiger partial charge in [0.2, 0.25) is 0 Å². The first kappa shape index (κ1) is 15.4. The van der Waals surface area contributed by atoms with Crippen molar-refractivity contribution in [3.63, 3.8) is 0 Å². The van der Waals surface area contributed by atoms with Gasteiger partial charge in [0, 0.05) is 14.5 Å². The van der Waals surface area contributed by atoms with Crippen LogP contribution < -0.4 is 4.74 Å². The van der Waals surface area contributed by atoms with Crippen molar-refractivity contribution < 1.29 is 4.74 Å². The molecular formula is C15H16Br2N2O. The number of nitrogens with zero attached hydrogens (tertiary/aromatic N) is 2. The average Bonchev–Trinajstić information content (AvgIpc) is 2.39. The third-order valence-corrected chi connectivity index (χ3v) is 4.33. The molecule has 0 unspecified atom stereocenters. The van der Waals surface area contributed by atoms with E-state index in [-0.39, 0.29) is 5.41 Å². The van der Waals surface area contributed by atoms with Crippen molar-refractivity contribution in [1.82, 2.24) is 9.97 Å². The van der Waals surface area contributed by atoms with Gasteiger partial charge in [-0.05, 0) is 23.1 Å². The fourth-order valence-electron chi connectivity index (χ4n) is 1.97. The molecule has 0 aliphatic heterocycles. The first-order valence-electron chi connectivity index (χ1n) is 6.18. The van der Waals surface area contributed by atoms with Crippen LogP contribution in [0.4, 0.5) is 0 Å². The summed E-state index contributed by atoms with van der Waals surface area (Å²) in [5.41, 5.74) is 3.05. The number of hydrogen-bond acceptors (Lipinski definition) is 3. The number of rotatable bonds is 2. The van der Waals surface area contributed by atoms with Crippen LogP contribution in [0.5, 0.6) is 5.75 Å². The van der Waals surface area contributed by atoms with E-state index in [1.807, 2.05) is 0 Å². The third kappa shape index (κ3) is 3.04. The molecule has 0 bridgehead atoms. The first-order chi connectivity index (χ1) is 9.34. The van der Waals surface area contributed by atoms with Crippen molar-refractivity contribution in [2.45, 2.75) is 26.2 Å². The molecule has 1 heterocycles. The molecule has 5 heteroatoms. The Kier molecular flexibility index (Phi) is 4.49. The van der Waals surface area contributed by atoms with Gasteiger partial charge in [0.25, 0.3) is 0 Å². The van der Waals surface area contributed by atoms with Gasteiger partial charge in [-0.15, -0.1) is 0 Å². The van der Waals surface area contributed by atoms with E-state index in [1.54, 1.807) is 13.3 Å². The molecule has 0 saturated heterocycles. The predicted octanol–water partition coefficient (Wildman–Crippen LogP) is 4.97. The summed E-state index contributed by atoms with van der Waals surface area (Å²) in [6.45, 7) is 6.55. The second-order valence-corrected chi connectivity index (χ2v) is 7.21. The van der Waals surface area contributed by atoms with Crippen molar-refractivity contribution in [3.8, 4) is 17.0 Å². The lowest BCUT2D eigenvalue weighted by molar-refractivity contribution is 0.412. The maximum atomic E-state index is 5.33. The van der Waals surface area contributed by atoms with Gasteiger partial charge in [-0.3, -0.25) is 0 Å². The molecule has 0 N–H and O–H groups in total. The maximum absolute atomic E-state index is 5.33. The first-order valence-corrected chi connectivity index (χ1v) is 7.77. The van der Waals surface area contributed by atoms with Gasteiger partial charge in [-0.2, -0.15) is 0 Å². The van der Waals surface area contributed by atoms with E-state index in [1.165, 1.54) is 11.9 Å². The summed E-state index contributed by atoms with van der Waals surface area (Å²) < 4.78 is 7.38. The molecule has 2 aromatic rings. The zero-order chi connectivity index (χ0) is 14.9. The second kappa shape index (κ2) is 5.82. The average molecular weight is 400 g/mol. The van der Waals surface area contributed by atoms with Crippen LogP contribution >= 0.6 is 31.9 Å². The molecule has 106 valence electrons. The molecule has 1 aromatic heterocycles. The van der Waals surface area contributed by atoms with Gasteiger partial charge < -0.3 is 4.74 Å². The van der Waals surface area contributed by atoms with E-state index in [4.69, 9.17) is 4.74 Å². The quantitative estimate of drug-likeness (QED) is 0.714. The van der Waals surface area contributed by atoms with Gasteiger partial charge in [0.05, 0.1) is 13.3 Å². The van der Waals surface area contributed by atoms with Crippen LogP contribution in [0, 0.1) is 0 Å². The normalized spacial score (nSPS) is 11.5. The maximum Gasteiger partial charge on any atom is 0.163 e. The summed E-state index contributed by atoms with van der Waals surface area (Å²) >= 11 is 7.29. The van der Waals surface area contributed by atoms with Gasteiger partial charge in [-0.1, -0.05) is 52.6 Å². The Balaban J connectivity index is 2.63. The third-order valence-electron chi connectivity index (χ3n) is 3.02. The topological polar surface area (TPSA) is 35.0 Å². The highest BCUT2D eigenvalue weighted by atomic mass is 79.9. The Morgan fingerprint density at radius 3 is 2.40 bits per heavy atom. The summed E-state index contributed by atoms with van der Waals surface area (Å²) in [7, 11) is 1.62. The monoisotopic (exact) mass is 398 g/mol. The summed E-state index contributed by atoms with van der Waals surface area (Å²) in [6, 6.07) is 4.19. The lowest BCUT2D eigenvalue weighted by Crippen LogP contribution is -2.12. The van der Waals surface area contributed by atoms with Crippen molar-refractivity contribution in [2.24, 2.45) is 0 Å². The smallest absolute Gasteiger partial charge is 0.163 e. The van der Waals surface area contributed by atoms with E-state index in [2.05, 4.69) is 74.7 Å². The number of hydrogen-bond donors (Lipinski definition) is 0. The van der Waals surface area contributed by atoms with E-state index in [0.717, 1.165) is 20.2 Å². The molecule has 20 heavy (non-hydrogen) atoms. The van der Waals surface area contributed by atoms with E-state index in [0.29, 0.717) is 5.75 Å². The second-order valence-electron chi connectivity index (χ2n) is 5.50. The Morgan fingerprint density at radius 1 is 1.10 bits per heavy atom. The predicted molar refractivity (Wildman–Crippen MR) is 88.1 cm³/mol. The van der Waals surface area contributed by atoms with Crippen molar-refractivity contribution in [1.29, 1.82) is 0 Å². The summed E-state index contributed by atoms with van der Waals surface area (Å²) in [6.07, 6.45) is 3.19. The van der Waals surface area contributed by atoms with Gasteiger partial charge in [0.15, 0.2) is 5.75 Å². The van der Waals surface area contributed by atoms with Crippen LogP contribution in [0.1, 0.15) is 26.3 Å². The van der Waals surface area contributed by atoms with E-state index >= 15 is 0 Å². The molecule has 0 radical (unpaired) electrons. The molecule has 0 spiro atoms. The molecule has 0 saturated carbocycles.